The van der Waals surface area contributed by atoms with Crippen molar-refractivity contribution in [2.24, 2.45) is 46.3 Å². The summed E-state index contributed by atoms with van der Waals surface area (Å²) < 4.78 is 0. The number of aliphatic carboxylic acids is 1. The minimum Gasteiger partial charge on any atom is -0.481 e. The molecule has 0 amide bonds. The molecule has 160 valence electrons. The Morgan fingerprint density at radius 1 is 1.04 bits per heavy atom. The van der Waals surface area contributed by atoms with Crippen molar-refractivity contribution in [3.8, 4) is 0 Å². The molecule has 3 N–H and O–H groups in total. The summed E-state index contributed by atoms with van der Waals surface area (Å²) in [5.74, 6) is 2.55. The van der Waals surface area contributed by atoms with E-state index >= 15 is 0 Å². The van der Waals surface area contributed by atoms with Crippen LogP contribution in [0.1, 0.15) is 85.0 Å². The molecule has 4 saturated carbocycles. The molecule has 0 aliphatic heterocycles. The standard InChI is InChI=1S/C24H40O4/c1-14(4-9-22(27)28)18-7-8-19-17-6-5-15-12-16(25)10-11-23(15,2)20(17)13-21(26)24(18,19)3/h14-21,25-26H,4-13H2,1-3H3,(H,27,28)/t14-,15-,16+,17+,18-,19+,20+,21+,23+,24-/m1/s1. The number of fused-ring (bicyclic) bond motifs is 5. The second-order valence-electron chi connectivity index (χ2n) is 11.3. The third-order valence-corrected chi connectivity index (χ3v) is 10.3. The molecule has 10 atom stereocenters. The molecule has 4 nitrogen and oxygen atoms in total. The summed E-state index contributed by atoms with van der Waals surface area (Å²) in [6.45, 7) is 6.99. The van der Waals surface area contributed by atoms with Gasteiger partial charge in [-0.15, -0.1) is 0 Å². The molecule has 0 aromatic carbocycles. The zero-order valence-corrected chi connectivity index (χ0v) is 17.9. The molecule has 4 aliphatic rings. The highest BCUT2D eigenvalue weighted by molar-refractivity contribution is 5.66. The topological polar surface area (TPSA) is 77.8 Å². The molecule has 4 fully saturated rings. The highest BCUT2D eigenvalue weighted by Gasteiger charge is 2.63. The molecule has 0 aromatic heterocycles. The van der Waals surface area contributed by atoms with Crippen molar-refractivity contribution < 1.29 is 20.1 Å². The van der Waals surface area contributed by atoms with Crippen molar-refractivity contribution in [1.29, 1.82) is 0 Å². The first-order chi connectivity index (χ1) is 13.2. The highest BCUT2D eigenvalue weighted by atomic mass is 16.4. The van der Waals surface area contributed by atoms with Crippen molar-refractivity contribution in [1.82, 2.24) is 0 Å². The lowest BCUT2D eigenvalue weighted by molar-refractivity contribution is -0.175. The molecule has 0 bridgehead atoms. The smallest absolute Gasteiger partial charge is 0.303 e. The van der Waals surface area contributed by atoms with Crippen LogP contribution in [0.15, 0.2) is 0 Å². The fourth-order valence-electron chi connectivity index (χ4n) is 8.71. The number of carbonyl (C=O) groups is 1. The summed E-state index contributed by atoms with van der Waals surface area (Å²) >= 11 is 0. The van der Waals surface area contributed by atoms with E-state index in [0.29, 0.717) is 35.5 Å². The van der Waals surface area contributed by atoms with Crippen LogP contribution >= 0.6 is 0 Å². The van der Waals surface area contributed by atoms with Gasteiger partial charge >= 0.3 is 5.97 Å². The molecule has 4 rings (SSSR count). The van der Waals surface area contributed by atoms with Gasteiger partial charge in [-0.2, -0.15) is 0 Å². The second kappa shape index (κ2) is 7.27. The van der Waals surface area contributed by atoms with Gasteiger partial charge in [0.15, 0.2) is 0 Å². The number of rotatable bonds is 4. The monoisotopic (exact) mass is 392 g/mol. The van der Waals surface area contributed by atoms with E-state index in [4.69, 9.17) is 5.11 Å². The van der Waals surface area contributed by atoms with Gasteiger partial charge in [0.1, 0.15) is 0 Å². The van der Waals surface area contributed by atoms with Gasteiger partial charge in [-0.1, -0.05) is 20.8 Å². The lowest BCUT2D eigenvalue weighted by atomic mass is 9.43. The lowest BCUT2D eigenvalue weighted by Gasteiger charge is -2.62. The van der Waals surface area contributed by atoms with Gasteiger partial charge in [-0.25, -0.2) is 0 Å². The van der Waals surface area contributed by atoms with Crippen molar-refractivity contribution in [3.05, 3.63) is 0 Å². The summed E-state index contributed by atoms with van der Waals surface area (Å²) in [5.41, 5.74) is 0.216. The molecule has 4 heteroatoms. The predicted molar refractivity (Wildman–Crippen MR) is 109 cm³/mol. The van der Waals surface area contributed by atoms with Gasteiger partial charge in [0.05, 0.1) is 12.2 Å². The molecule has 0 unspecified atom stereocenters. The number of hydrogen-bond donors (Lipinski definition) is 3. The number of carboxylic acids is 1. The minimum atomic E-state index is -0.707. The van der Waals surface area contributed by atoms with Gasteiger partial charge in [-0.05, 0) is 104 Å². The zero-order valence-electron chi connectivity index (χ0n) is 17.9. The maximum atomic E-state index is 11.5. The number of carboxylic acid groups (broad SMARTS) is 1. The van der Waals surface area contributed by atoms with Crippen LogP contribution in [0.25, 0.3) is 0 Å². The first-order valence-corrected chi connectivity index (χ1v) is 11.8. The summed E-state index contributed by atoms with van der Waals surface area (Å²) in [6, 6.07) is 0. The second-order valence-corrected chi connectivity index (χ2v) is 11.3. The summed E-state index contributed by atoms with van der Waals surface area (Å²) in [7, 11) is 0. The third kappa shape index (κ3) is 3.05. The third-order valence-electron chi connectivity index (χ3n) is 10.3. The van der Waals surface area contributed by atoms with E-state index in [9.17, 15) is 15.0 Å². The Bertz CT molecular complexity index is 605. The van der Waals surface area contributed by atoms with Gasteiger partial charge in [-0.3, -0.25) is 4.79 Å². The number of hydrogen-bond acceptors (Lipinski definition) is 3. The quantitative estimate of drug-likeness (QED) is 0.659. The molecular formula is C24H40O4. The van der Waals surface area contributed by atoms with Crippen LogP contribution < -0.4 is 0 Å². The van der Waals surface area contributed by atoms with E-state index in [1.807, 2.05) is 0 Å². The maximum Gasteiger partial charge on any atom is 0.303 e. The SMILES string of the molecule is C[C@H](CCC(=O)O)[C@H]1CC[C@H]2[C@@H]3CC[C@@H]4C[C@@H](O)CC[C@]4(C)[C@H]3C[C@H](O)[C@]12C. The highest BCUT2D eigenvalue weighted by Crippen LogP contribution is 2.68. The summed E-state index contributed by atoms with van der Waals surface area (Å²) in [6.07, 6.45) is 9.26. The van der Waals surface area contributed by atoms with Crippen molar-refractivity contribution in [2.75, 3.05) is 0 Å². The molecule has 0 spiro atoms. The maximum absolute atomic E-state index is 11.5. The van der Waals surface area contributed by atoms with Crippen LogP contribution in [0.5, 0.6) is 0 Å². The Morgan fingerprint density at radius 2 is 1.79 bits per heavy atom. The predicted octanol–water partition coefficient (Wildman–Crippen LogP) is 4.48. The van der Waals surface area contributed by atoms with E-state index in [2.05, 4.69) is 20.8 Å². The van der Waals surface area contributed by atoms with Gasteiger partial charge in [0.25, 0.3) is 0 Å². The fraction of sp³-hybridized carbons (Fsp3) is 0.958. The largest absolute Gasteiger partial charge is 0.481 e. The lowest BCUT2D eigenvalue weighted by Crippen LogP contribution is -2.58. The summed E-state index contributed by atoms with van der Waals surface area (Å²) in [4.78, 5) is 11.1. The molecule has 28 heavy (non-hydrogen) atoms. The zero-order chi connectivity index (χ0) is 20.3. The van der Waals surface area contributed by atoms with Crippen LogP contribution in [-0.4, -0.2) is 33.5 Å². The van der Waals surface area contributed by atoms with Crippen molar-refractivity contribution in [3.63, 3.8) is 0 Å². The van der Waals surface area contributed by atoms with Gasteiger partial charge in [0, 0.05) is 6.42 Å². The van der Waals surface area contributed by atoms with Crippen molar-refractivity contribution >= 4 is 5.97 Å². The van der Waals surface area contributed by atoms with Gasteiger partial charge < -0.3 is 15.3 Å². The van der Waals surface area contributed by atoms with Crippen LogP contribution in [0.3, 0.4) is 0 Å². The average molecular weight is 393 g/mol. The van der Waals surface area contributed by atoms with E-state index in [0.717, 1.165) is 38.5 Å². The first-order valence-electron chi connectivity index (χ1n) is 11.8. The van der Waals surface area contributed by atoms with Gasteiger partial charge in [0.2, 0.25) is 0 Å². The molecule has 0 heterocycles. The van der Waals surface area contributed by atoms with Crippen LogP contribution in [0.2, 0.25) is 0 Å². The Balaban J connectivity index is 1.56. The molecular weight excluding hydrogens is 352 g/mol. The van der Waals surface area contributed by atoms with E-state index in [-0.39, 0.29) is 29.5 Å². The fourth-order valence-corrected chi connectivity index (χ4v) is 8.71. The Morgan fingerprint density at radius 3 is 2.50 bits per heavy atom. The number of aliphatic hydroxyl groups excluding tert-OH is 2. The van der Waals surface area contributed by atoms with Crippen LogP contribution in [0.4, 0.5) is 0 Å². The van der Waals surface area contributed by atoms with E-state index in [1.54, 1.807) is 0 Å². The minimum absolute atomic E-state index is 0.0591. The Labute approximate surface area is 170 Å². The van der Waals surface area contributed by atoms with E-state index < -0.39 is 5.97 Å². The Hall–Kier alpha value is -0.610. The van der Waals surface area contributed by atoms with Crippen LogP contribution in [-0.2, 0) is 4.79 Å². The van der Waals surface area contributed by atoms with Crippen molar-refractivity contribution in [2.45, 2.75) is 97.2 Å². The van der Waals surface area contributed by atoms with Crippen LogP contribution in [0, 0.1) is 46.3 Å². The van der Waals surface area contributed by atoms with E-state index in [1.165, 1.54) is 19.3 Å². The normalized spacial score (nSPS) is 51.7. The molecule has 0 aromatic rings. The Kier molecular flexibility index (Phi) is 5.36. The molecule has 4 aliphatic carbocycles. The number of aliphatic hydroxyl groups is 2. The summed E-state index contributed by atoms with van der Waals surface area (Å²) in [5, 5.41) is 30.8. The average Bonchev–Trinajstić information content (AvgIpc) is 3.00. The first kappa shape index (κ1) is 20.7. The molecule has 0 radical (unpaired) electrons. The molecule has 0 saturated heterocycles.